The van der Waals surface area contributed by atoms with Gasteiger partial charge in [-0.2, -0.15) is 0 Å². The number of fused-ring (bicyclic) bond motifs is 1. The maximum atomic E-state index is 6.26. The van der Waals surface area contributed by atoms with Gasteiger partial charge in [-0.15, -0.1) is 10.2 Å². The van der Waals surface area contributed by atoms with Crippen LogP contribution in [-0.4, -0.2) is 52.6 Å². The highest BCUT2D eigenvalue weighted by molar-refractivity contribution is 6.30. The molecule has 1 fully saturated rings. The minimum Gasteiger partial charge on any atom is -0.356 e. The molecule has 3 heterocycles. The van der Waals surface area contributed by atoms with Gasteiger partial charge in [-0.3, -0.25) is 14.3 Å². The number of halogens is 1. The maximum absolute atomic E-state index is 6.26. The highest BCUT2D eigenvalue weighted by Gasteiger charge is 2.30. The Bertz CT molecular complexity index is 1020. The summed E-state index contributed by atoms with van der Waals surface area (Å²) in [4.78, 5) is 6.82. The van der Waals surface area contributed by atoms with Crippen molar-refractivity contribution in [2.75, 3.05) is 27.2 Å². The molecule has 2 unspecified atom stereocenters. The molecule has 1 saturated heterocycles. The Hall–Kier alpha value is -2.64. The summed E-state index contributed by atoms with van der Waals surface area (Å²) in [5, 5.41) is 16.1. The first-order chi connectivity index (χ1) is 14.7. The minimum atomic E-state index is 0.337. The molecule has 1 aromatic carbocycles. The normalized spacial score (nSPS) is 20.4. The molecule has 0 bridgehead atoms. The van der Waals surface area contributed by atoms with E-state index in [1.165, 1.54) is 18.4 Å². The summed E-state index contributed by atoms with van der Waals surface area (Å²) in [5.41, 5.74) is 2.11. The second-order valence-electron chi connectivity index (χ2n) is 7.73. The van der Waals surface area contributed by atoms with E-state index in [-0.39, 0.29) is 0 Å². The number of pyridine rings is 1. The maximum Gasteiger partial charge on any atom is 0.191 e. The van der Waals surface area contributed by atoms with Crippen LogP contribution >= 0.6 is 11.6 Å². The molecule has 0 spiro atoms. The standard InChI is InChI=1S/C22H28ClN7/c1-24-22(26-15-20-28-27-19-10-3-4-12-30(19)20)25-14-17-8-6-11-29(2)21(17)16-7-5-9-18(23)13-16/h3-5,7,9-10,12-13,17,21H,6,8,11,14-15H2,1-2H3,(H2,24,25,26). The number of rotatable bonds is 5. The number of guanidine groups is 1. The van der Waals surface area contributed by atoms with Gasteiger partial charge in [-0.05, 0) is 62.2 Å². The lowest BCUT2D eigenvalue weighted by molar-refractivity contribution is 0.122. The number of aromatic nitrogens is 3. The van der Waals surface area contributed by atoms with Crippen LogP contribution in [0.25, 0.3) is 5.65 Å². The van der Waals surface area contributed by atoms with Crippen LogP contribution in [0, 0.1) is 5.92 Å². The first kappa shape index (κ1) is 20.6. The Morgan fingerprint density at radius 2 is 2.10 bits per heavy atom. The Balaban J connectivity index is 1.39. The predicted molar refractivity (Wildman–Crippen MR) is 121 cm³/mol. The number of benzene rings is 1. The molecule has 1 aliphatic heterocycles. The van der Waals surface area contributed by atoms with Crippen LogP contribution in [0.5, 0.6) is 0 Å². The molecule has 1 aliphatic rings. The van der Waals surface area contributed by atoms with E-state index in [0.717, 1.165) is 35.5 Å². The van der Waals surface area contributed by atoms with Crippen molar-refractivity contribution < 1.29 is 0 Å². The average Bonchev–Trinajstić information content (AvgIpc) is 3.17. The number of aliphatic imine (C=N–C) groups is 1. The molecule has 2 aromatic heterocycles. The molecule has 30 heavy (non-hydrogen) atoms. The van der Waals surface area contributed by atoms with Gasteiger partial charge in [0.25, 0.3) is 0 Å². The summed E-state index contributed by atoms with van der Waals surface area (Å²) >= 11 is 6.26. The van der Waals surface area contributed by atoms with E-state index in [1.54, 1.807) is 7.05 Å². The van der Waals surface area contributed by atoms with Gasteiger partial charge in [0, 0.05) is 30.9 Å². The van der Waals surface area contributed by atoms with Gasteiger partial charge in [-0.1, -0.05) is 29.8 Å². The molecule has 8 heteroatoms. The summed E-state index contributed by atoms with van der Waals surface area (Å²) < 4.78 is 1.98. The quantitative estimate of drug-likeness (QED) is 0.485. The zero-order chi connectivity index (χ0) is 20.9. The van der Waals surface area contributed by atoms with Crippen molar-refractivity contribution in [2.45, 2.75) is 25.4 Å². The van der Waals surface area contributed by atoms with Gasteiger partial charge in [0.2, 0.25) is 0 Å². The molecular formula is C22H28ClN7. The van der Waals surface area contributed by atoms with Gasteiger partial charge >= 0.3 is 0 Å². The van der Waals surface area contributed by atoms with Crippen molar-refractivity contribution >= 4 is 23.2 Å². The molecule has 0 aliphatic carbocycles. The lowest BCUT2D eigenvalue weighted by atomic mass is 9.85. The van der Waals surface area contributed by atoms with E-state index < -0.39 is 0 Å². The fourth-order valence-corrected chi connectivity index (χ4v) is 4.51. The summed E-state index contributed by atoms with van der Waals surface area (Å²) in [7, 11) is 3.99. The van der Waals surface area contributed by atoms with Crippen LogP contribution in [0.4, 0.5) is 0 Å². The molecule has 158 valence electrons. The van der Waals surface area contributed by atoms with Crippen LogP contribution in [0.3, 0.4) is 0 Å². The molecule has 4 rings (SSSR count). The fraction of sp³-hybridized carbons (Fsp3) is 0.409. The number of nitrogens with one attached hydrogen (secondary N) is 2. The number of nitrogens with zero attached hydrogens (tertiary/aromatic N) is 5. The Morgan fingerprint density at radius 3 is 2.93 bits per heavy atom. The highest BCUT2D eigenvalue weighted by atomic mass is 35.5. The van der Waals surface area contributed by atoms with Gasteiger partial charge in [0.05, 0.1) is 6.54 Å². The lowest BCUT2D eigenvalue weighted by Crippen LogP contribution is -2.45. The molecule has 0 saturated carbocycles. The fourth-order valence-electron chi connectivity index (χ4n) is 4.31. The first-order valence-electron chi connectivity index (χ1n) is 10.3. The summed E-state index contributed by atoms with van der Waals surface area (Å²) in [5.74, 6) is 2.08. The second kappa shape index (κ2) is 9.45. The van der Waals surface area contributed by atoms with Crippen molar-refractivity contribution in [3.8, 4) is 0 Å². The third-order valence-electron chi connectivity index (χ3n) is 5.75. The van der Waals surface area contributed by atoms with Gasteiger partial charge in [0.15, 0.2) is 17.4 Å². The third-order valence-corrected chi connectivity index (χ3v) is 5.99. The Morgan fingerprint density at radius 1 is 1.20 bits per heavy atom. The lowest BCUT2D eigenvalue weighted by Gasteiger charge is -2.40. The van der Waals surface area contributed by atoms with Crippen LogP contribution in [-0.2, 0) is 6.54 Å². The molecule has 0 radical (unpaired) electrons. The van der Waals surface area contributed by atoms with E-state index in [1.807, 2.05) is 40.9 Å². The Labute approximate surface area is 182 Å². The molecule has 0 amide bonds. The molecule has 3 aromatic rings. The monoisotopic (exact) mass is 425 g/mol. The van der Waals surface area contributed by atoms with Crippen LogP contribution in [0.2, 0.25) is 5.02 Å². The summed E-state index contributed by atoms with van der Waals surface area (Å²) in [6, 6.07) is 14.4. The van der Waals surface area contributed by atoms with Gasteiger partial charge in [0.1, 0.15) is 0 Å². The number of piperidine rings is 1. The Kier molecular flexibility index (Phi) is 6.50. The number of likely N-dealkylation sites (tertiary alicyclic amines) is 1. The summed E-state index contributed by atoms with van der Waals surface area (Å²) in [6.07, 6.45) is 4.33. The largest absolute Gasteiger partial charge is 0.356 e. The van der Waals surface area contributed by atoms with E-state index in [2.05, 4.69) is 49.9 Å². The van der Waals surface area contributed by atoms with E-state index in [4.69, 9.17) is 11.6 Å². The molecule has 7 nitrogen and oxygen atoms in total. The van der Waals surface area contributed by atoms with Crippen LogP contribution < -0.4 is 10.6 Å². The number of hydrogen-bond donors (Lipinski definition) is 2. The van der Waals surface area contributed by atoms with Crippen molar-refractivity contribution in [1.82, 2.24) is 30.1 Å². The van der Waals surface area contributed by atoms with E-state index in [0.29, 0.717) is 18.5 Å². The van der Waals surface area contributed by atoms with E-state index >= 15 is 0 Å². The van der Waals surface area contributed by atoms with Crippen molar-refractivity contribution in [1.29, 1.82) is 0 Å². The first-order valence-corrected chi connectivity index (χ1v) is 10.7. The smallest absolute Gasteiger partial charge is 0.191 e. The zero-order valence-corrected chi connectivity index (χ0v) is 18.2. The SMILES string of the molecule is CN=C(NCc1nnc2ccccn12)NCC1CCCN(C)C1c1cccc(Cl)c1. The summed E-state index contributed by atoms with van der Waals surface area (Å²) in [6.45, 7) is 2.48. The number of hydrogen-bond acceptors (Lipinski definition) is 4. The molecule has 2 N–H and O–H groups in total. The second-order valence-corrected chi connectivity index (χ2v) is 8.17. The zero-order valence-electron chi connectivity index (χ0n) is 17.4. The van der Waals surface area contributed by atoms with Crippen LogP contribution in [0.1, 0.15) is 30.3 Å². The highest BCUT2D eigenvalue weighted by Crippen LogP contribution is 2.35. The predicted octanol–water partition coefficient (Wildman–Crippen LogP) is 3.13. The van der Waals surface area contributed by atoms with E-state index in [9.17, 15) is 0 Å². The third kappa shape index (κ3) is 4.57. The average molecular weight is 426 g/mol. The van der Waals surface area contributed by atoms with Gasteiger partial charge in [-0.25, -0.2) is 0 Å². The molecule has 2 atom stereocenters. The topological polar surface area (TPSA) is 69.8 Å². The van der Waals surface area contributed by atoms with Gasteiger partial charge < -0.3 is 10.6 Å². The van der Waals surface area contributed by atoms with Crippen molar-refractivity contribution in [3.63, 3.8) is 0 Å². The minimum absolute atomic E-state index is 0.337. The molecular weight excluding hydrogens is 398 g/mol. The van der Waals surface area contributed by atoms with Crippen molar-refractivity contribution in [3.05, 3.63) is 65.1 Å². The van der Waals surface area contributed by atoms with Crippen molar-refractivity contribution in [2.24, 2.45) is 10.9 Å². The van der Waals surface area contributed by atoms with Crippen LogP contribution in [0.15, 0.2) is 53.7 Å².